The Balaban J connectivity index is 4.78. The summed E-state index contributed by atoms with van der Waals surface area (Å²) in [6, 6.07) is 0.555. The van der Waals surface area contributed by atoms with Crippen molar-refractivity contribution in [1.29, 1.82) is 0 Å². The summed E-state index contributed by atoms with van der Waals surface area (Å²) in [5, 5.41) is 0. The van der Waals surface area contributed by atoms with Crippen LogP contribution < -0.4 is 0 Å². The van der Waals surface area contributed by atoms with Crippen LogP contribution in [0, 0.1) is 12.5 Å². The van der Waals surface area contributed by atoms with Crippen LogP contribution in [0.3, 0.4) is 0 Å². The quantitative estimate of drug-likeness (QED) is 0.221. The van der Waals surface area contributed by atoms with Crippen LogP contribution >= 0.6 is 8.53 Å². The van der Waals surface area contributed by atoms with Gasteiger partial charge < -0.3 is 18.7 Å². The summed E-state index contributed by atoms with van der Waals surface area (Å²) in [5.74, 6) is 0.213. The summed E-state index contributed by atoms with van der Waals surface area (Å²) in [4.78, 5) is 14.9. The zero-order valence-electron chi connectivity index (χ0n) is 15.1. The van der Waals surface area contributed by atoms with E-state index in [1.807, 2.05) is 6.92 Å². The minimum Gasteiger partial charge on any atom is -0.322 e. The summed E-state index contributed by atoms with van der Waals surface area (Å²) in [6.07, 6.45) is 1.39. The molecular formula is C16H30BN2O3P. The standard InChI is InChI=1S/C16H30BN2O3P/c1-7-15(10-16(20)11-17)12-22-23(21-9-8-18-6)19(13(2)3)14(4)5/h13-15H,7-12H2,1-5H3/t15-,23?/m1/s1. The van der Waals surface area contributed by atoms with Crippen LogP contribution in [-0.2, 0) is 13.8 Å². The molecule has 0 aliphatic carbocycles. The first-order valence-corrected chi connectivity index (χ1v) is 9.39. The fourth-order valence-electron chi connectivity index (χ4n) is 2.20. The molecule has 0 bridgehead atoms. The van der Waals surface area contributed by atoms with Gasteiger partial charge in [-0.2, -0.15) is 0 Å². The Bertz CT molecular complexity index is 367. The Labute approximate surface area is 144 Å². The fraction of sp³-hybridized carbons (Fsp3) is 0.875. The second kappa shape index (κ2) is 12.9. The van der Waals surface area contributed by atoms with Gasteiger partial charge in [0.2, 0.25) is 6.54 Å². The highest BCUT2D eigenvalue weighted by atomic mass is 31.2. The molecule has 2 radical (unpaired) electrons. The second-order valence-electron chi connectivity index (χ2n) is 6.04. The molecule has 130 valence electrons. The molecule has 0 saturated heterocycles. The maximum Gasteiger partial charge on any atom is 0.259 e. The van der Waals surface area contributed by atoms with Crippen LogP contribution in [0.25, 0.3) is 4.85 Å². The lowest BCUT2D eigenvalue weighted by Crippen LogP contribution is -2.34. The van der Waals surface area contributed by atoms with E-state index >= 15 is 0 Å². The van der Waals surface area contributed by atoms with Crippen LogP contribution in [0.4, 0.5) is 0 Å². The van der Waals surface area contributed by atoms with Gasteiger partial charge in [0, 0.05) is 18.5 Å². The molecule has 0 aromatic rings. The van der Waals surface area contributed by atoms with Crippen molar-refractivity contribution < 1.29 is 13.8 Å². The van der Waals surface area contributed by atoms with E-state index in [4.69, 9.17) is 23.5 Å². The third kappa shape index (κ3) is 9.42. The fourth-order valence-corrected chi connectivity index (χ4v) is 3.88. The van der Waals surface area contributed by atoms with Gasteiger partial charge in [0.1, 0.15) is 12.4 Å². The lowest BCUT2D eigenvalue weighted by molar-refractivity contribution is -0.118. The van der Waals surface area contributed by atoms with Gasteiger partial charge in [0.05, 0.1) is 14.5 Å². The van der Waals surface area contributed by atoms with Crippen molar-refractivity contribution in [2.75, 3.05) is 19.8 Å². The van der Waals surface area contributed by atoms with Crippen molar-refractivity contribution in [3.8, 4) is 0 Å². The largest absolute Gasteiger partial charge is 0.322 e. The summed E-state index contributed by atoms with van der Waals surface area (Å²) in [6.45, 7) is 18.5. The van der Waals surface area contributed by atoms with Gasteiger partial charge in [-0.1, -0.05) is 13.3 Å². The highest BCUT2D eigenvalue weighted by molar-refractivity contribution is 7.44. The smallest absolute Gasteiger partial charge is 0.259 e. The molecule has 23 heavy (non-hydrogen) atoms. The van der Waals surface area contributed by atoms with Gasteiger partial charge in [-0.25, -0.2) is 11.2 Å². The number of ketones is 1. The van der Waals surface area contributed by atoms with E-state index < -0.39 is 8.53 Å². The van der Waals surface area contributed by atoms with Crippen molar-refractivity contribution in [1.82, 2.24) is 4.67 Å². The Morgan fingerprint density at radius 2 is 1.87 bits per heavy atom. The first-order chi connectivity index (χ1) is 10.9. The molecule has 1 unspecified atom stereocenters. The van der Waals surface area contributed by atoms with Crippen LogP contribution in [0.15, 0.2) is 0 Å². The van der Waals surface area contributed by atoms with Crippen LogP contribution in [0.5, 0.6) is 0 Å². The van der Waals surface area contributed by atoms with Gasteiger partial charge in [0.25, 0.3) is 8.53 Å². The zero-order valence-corrected chi connectivity index (χ0v) is 16.0. The monoisotopic (exact) mass is 340 g/mol. The lowest BCUT2D eigenvalue weighted by Gasteiger charge is -2.36. The Hall–Kier alpha value is -0.465. The summed E-state index contributed by atoms with van der Waals surface area (Å²) in [7, 11) is 4.16. The zero-order chi connectivity index (χ0) is 17.8. The first kappa shape index (κ1) is 22.5. The van der Waals surface area contributed by atoms with Crippen LogP contribution in [0.2, 0.25) is 6.32 Å². The number of nitrogens with zero attached hydrogens (tertiary/aromatic N) is 2. The third-order valence-corrected chi connectivity index (χ3v) is 5.47. The lowest BCUT2D eigenvalue weighted by atomic mass is 9.92. The second-order valence-corrected chi connectivity index (χ2v) is 7.49. The van der Waals surface area contributed by atoms with E-state index in [9.17, 15) is 4.79 Å². The molecule has 0 amide bonds. The van der Waals surface area contributed by atoms with Crippen molar-refractivity contribution in [2.24, 2.45) is 5.92 Å². The minimum absolute atomic E-state index is 0.0586. The predicted octanol–water partition coefficient (Wildman–Crippen LogP) is 3.86. The minimum atomic E-state index is -1.23. The van der Waals surface area contributed by atoms with Crippen molar-refractivity contribution >= 4 is 22.2 Å². The molecule has 0 saturated carbocycles. The van der Waals surface area contributed by atoms with E-state index in [2.05, 4.69) is 37.2 Å². The molecule has 0 spiro atoms. The normalized spacial score (nSPS) is 14.2. The molecule has 0 fully saturated rings. The summed E-state index contributed by atoms with van der Waals surface area (Å²) in [5.41, 5.74) is 0. The number of carbonyl (C=O) groups is 1. The number of rotatable bonds is 13. The van der Waals surface area contributed by atoms with Gasteiger partial charge in [-0.3, -0.25) is 0 Å². The SMILES string of the molecule is [B]CC(=O)C[C@@H](CC)COP(OCC[N+]#[C-])N(C(C)C)C(C)C. The van der Waals surface area contributed by atoms with Crippen molar-refractivity contribution in [3.63, 3.8) is 0 Å². The molecule has 0 aliphatic heterocycles. The van der Waals surface area contributed by atoms with E-state index in [1.165, 1.54) is 0 Å². The number of carbonyl (C=O) groups excluding carboxylic acids is 1. The first-order valence-electron chi connectivity index (χ1n) is 8.26. The number of Topliss-reactive ketones (excluding diaryl/α,β-unsaturated/α-hetero) is 1. The molecule has 0 heterocycles. The number of hydrogen-bond acceptors (Lipinski definition) is 4. The van der Waals surface area contributed by atoms with E-state index in [-0.39, 0.29) is 30.1 Å². The number of hydrogen-bond donors (Lipinski definition) is 0. The Morgan fingerprint density at radius 3 is 2.30 bits per heavy atom. The maximum absolute atomic E-state index is 11.5. The molecule has 0 N–H and O–H groups in total. The van der Waals surface area contributed by atoms with Gasteiger partial charge in [-0.15, -0.1) is 0 Å². The highest BCUT2D eigenvalue weighted by Gasteiger charge is 2.28. The average molecular weight is 340 g/mol. The summed E-state index contributed by atoms with van der Waals surface area (Å²) >= 11 is 0. The summed E-state index contributed by atoms with van der Waals surface area (Å²) < 4.78 is 14.1. The average Bonchev–Trinajstić information content (AvgIpc) is 2.49. The topological polar surface area (TPSA) is 43.1 Å². The van der Waals surface area contributed by atoms with Crippen LogP contribution in [-0.4, -0.2) is 50.1 Å². The molecule has 5 nitrogen and oxygen atoms in total. The third-order valence-electron chi connectivity index (χ3n) is 3.39. The van der Waals surface area contributed by atoms with Gasteiger partial charge >= 0.3 is 0 Å². The van der Waals surface area contributed by atoms with Gasteiger partial charge in [0.15, 0.2) is 0 Å². The Morgan fingerprint density at radius 1 is 1.26 bits per heavy atom. The van der Waals surface area contributed by atoms with E-state index in [0.29, 0.717) is 26.2 Å². The predicted molar refractivity (Wildman–Crippen MR) is 96.4 cm³/mol. The van der Waals surface area contributed by atoms with E-state index in [0.717, 1.165) is 6.42 Å². The molecule has 0 aliphatic rings. The molecule has 2 atom stereocenters. The highest BCUT2D eigenvalue weighted by Crippen LogP contribution is 2.46. The van der Waals surface area contributed by atoms with E-state index in [1.54, 1.807) is 0 Å². The molecule has 7 heteroatoms. The molecule has 0 rings (SSSR count). The van der Waals surface area contributed by atoms with Crippen molar-refractivity contribution in [3.05, 3.63) is 11.4 Å². The molecular weight excluding hydrogens is 310 g/mol. The molecule has 0 aromatic heterocycles. The van der Waals surface area contributed by atoms with Crippen molar-refractivity contribution in [2.45, 2.75) is 65.9 Å². The van der Waals surface area contributed by atoms with Gasteiger partial charge in [-0.05, 0) is 39.9 Å². The Kier molecular flexibility index (Phi) is 12.6. The maximum atomic E-state index is 11.5. The molecule has 0 aromatic carbocycles. The van der Waals surface area contributed by atoms with Crippen LogP contribution in [0.1, 0.15) is 47.5 Å².